The number of phosphoric ester groups is 1. The summed E-state index contributed by atoms with van der Waals surface area (Å²) in [6.45, 7) is 3.50. The first kappa shape index (κ1) is 35.4. The zero-order valence-corrected chi connectivity index (χ0v) is 26.8. The molecule has 1 fully saturated rings. The number of nitrogens with zero attached hydrogens (tertiary/aromatic N) is 4. The van der Waals surface area contributed by atoms with E-state index in [0.29, 0.717) is 39.1 Å². The maximum Gasteiger partial charge on any atom is 0.469 e. The third-order valence-corrected chi connectivity index (χ3v) is 7.86. The van der Waals surface area contributed by atoms with Crippen molar-refractivity contribution in [3.05, 3.63) is 70.2 Å². The van der Waals surface area contributed by atoms with Crippen LogP contribution in [-0.2, 0) is 23.3 Å². The minimum absolute atomic E-state index is 0.0877. The van der Waals surface area contributed by atoms with Gasteiger partial charge in [0.25, 0.3) is 0 Å². The number of anilines is 3. The first-order valence-corrected chi connectivity index (χ1v) is 15.8. The number of carbonyl (C=O) groups excluding carboxylic acids is 1. The number of carbonyl (C=O) groups is 1. The van der Waals surface area contributed by atoms with Crippen molar-refractivity contribution in [1.82, 2.24) is 19.5 Å². The molecule has 4 aromatic rings. The number of imidazole rings is 1. The topological polar surface area (TPSA) is 234 Å². The molecule has 0 bridgehead atoms. The Labute approximate surface area is 272 Å². The summed E-state index contributed by atoms with van der Waals surface area (Å²) in [4.78, 5) is 41.3. The SMILES string of the molecule is CCOCOC(=O)c1ccccc1Nc1c(Cl)ccc(C)c1Cl.Nc1ncnc2c1ncn2[C@@H]1O[C@H](COP(=O)(O)O)[C@@H](O)[C@H]1O. The quantitative estimate of drug-likeness (QED) is 0.0602. The monoisotopic (exact) mass is 700 g/mol. The number of benzene rings is 2. The molecule has 5 rings (SSSR count). The number of phosphoric acid groups is 1. The highest BCUT2D eigenvalue weighted by Crippen LogP contribution is 2.39. The number of aromatic nitrogens is 4. The van der Waals surface area contributed by atoms with E-state index in [-0.39, 0.29) is 18.3 Å². The van der Waals surface area contributed by atoms with Crippen molar-refractivity contribution in [1.29, 1.82) is 0 Å². The Morgan fingerprint density at radius 2 is 1.87 bits per heavy atom. The molecule has 4 atom stereocenters. The van der Waals surface area contributed by atoms with Gasteiger partial charge >= 0.3 is 13.8 Å². The molecule has 1 aliphatic heterocycles. The number of aliphatic hydroxyl groups excluding tert-OH is 2. The largest absolute Gasteiger partial charge is 0.469 e. The molecule has 248 valence electrons. The number of nitrogen functional groups attached to an aromatic ring is 1. The highest BCUT2D eigenvalue weighted by Gasteiger charge is 2.45. The van der Waals surface area contributed by atoms with Crippen molar-refractivity contribution in [3.8, 4) is 0 Å². The van der Waals surface area contributed by atoms with E-state index in [9.17, 15) is 19.6 Å². The number of aliphatic hydroxyl groups is 2. The number of ether oxygens (including phenoxy) is 3. The van der Waals surface area contributed by atoms with Crippen molar-refractivity contribution >= 4 is 65.4 Å². The van der Waals surface area contributed by atoms with Crippen LogP contribution in [0, 0.1) is 6.92 Å². The van der Waals surface area contributed by atoms with Crippen LogP contribution < -0.4 is 11.1 Å². The molecule has 0 spiro atoms. The van der Waals surface area contributed by atoms with Gasteiger partial charge in [0.05, 0.1) is 39.9 Å². The first-order valence-electron chi connectivity index (χ1n) is 13.5. The van der Waals surface area contributed by atoms with Gasteiger partial charge in [0, 0.05) is 6.61 Å². The van der Waals surface area contributed by atoms with E-state index in [4.69, 9.17) is 52.9 Å². The van der Waals surface area contributed by atoms with Gasteiger partial charge < -0.3 is 45.3 Å². The first-order chi connectivity index (χ1) is 21.8. The van der Waals surface area contributed by atoms with Crippen molar-refractivity contribution in [3.63, 3.8) is 0 Å². The number of aryl methyl sites for hydroxylation is 1. The van der Waals surface area contributed by atoms with E-state index in [1.165, 1.54) is 17.2 Å². The third-order valence-electron chi connectivity index (χ3n) is 6.57. The van der Waals surface area contributed by atoms with E-state index >= 15 is 0 Å². The molecule has 1 saturated heterocycles. The summed E-state index contributed by atoms with van der Waals surface area (Å²) in [6, 6.07) is 10.6. The van der Waals surface area contributed by atoms with E-state index in [1.807, 2.05) is 19.9 Å². The van der Waals surface area contributed by atoms with E-state index in [0.717, 1.165) is 5.56 Å². The standard InChI is InChI=1S/C17H17Cl2NO3.C10H14N5O7P/c1-3-22-10-23-17(21)12-6-4-5-7-14(12)20-16-13(18)9-8-11(2)15(16)19;11-8-5-9(13-2-12-8)15(3-14-5)10-7(17)6(16)4(22-10)1-21-23(18,19)20/h4-9,20H,3,10H2,1-2H3;2-4,6-7,10,16-17H,1H2,(H2,11,12,13)(H2,18,19,20)/t;4-,6-,7-,10-/m.1/s1. The van der Waals surface area contributed by atoms with Crippen LogP contribution in [0.2, 0.25) is 10.0 Å². The van der Waals surface area contributed by atoms with E-state index < -0.39 is 44.9 Å². The lowest BCUT2D eigenvalue weighted by atomic mass is 10.1. The van der Waals surface area contributed by atoms with Crippen LogP contribution in [0.3, 0.4) is 0 Å². The fourth-order valence-corrected chi connectivity index (χ4v) is 5.06. The Balaban J connectivity index is 0.000000209. The molecule has 2 aromatic carbocycles. The maximum absolute atomic E-state index is 12.2. The summed E-state index contributed by atoms with van der Waals surface area (Å²) in [7, 11) is -4.72. The Hall–Kier alpha value is -3.41. The van der Waals surface area contributed by atoms with Crippen molar-refractivity contribution in [2.24, 2.45) is 0 Å². The Morgan fingerprint density at radius 1 is 1.13 bits per heavy atom. The molecule has 0 saturated carbocycles. The Bertz CT molecular complexity index is 1720. The van der Waals surface area contributed by atoms with Gasteiger partial charge in [0.2, 0.25) is 0 Å². The van der Waals surface area contributed by atoms with Gasteiger partial charge in [0.15, 0.2) is 24.5 Å². The number of nitrogens with two attached hydrogens (primary N) is 1. The number of hydrogen-bond donors (Lipinski definition) is 6. The summed E-state index contributed by atoms with van der Waals surface area (Å²) in [5, 5.41) is 24.2. The van der Waals surface area contributed by atoms with Gasteiger partial charge in [-0.15, -0.1) is 0 Å². The average molecular weight is 701 g/mol. The normalized spacial score (nSPS) is 19.5. The van der Waals surface area contributed by atoms with Gasteiger partial charge in [-0.3, -0.25) is 9.09 Å². The second kappa shape index (κ2) is 15.5. The lowest BCUT2D eigenvalue weighted by Gasteiger charge is -2.16. The molecule has 0 amide bonds. The molecule has 16 nitrogen and oxygen atoms in total. The van der Waals surface area contributed by atoms with Gasteiger partial charge in [-0.1, -0.05) is 41.4 Å². The second-order valence-corrected chi connectivity index (χ2v) is 11.7. The average Bonchev–Trinajstić information content (AvgIpc) is 3.57. The number of nitrogens with one attached hydrogen (secondary N) is 1. The number of halogens is 2. The zero-order valence-electron chi connectivity index (χ0n) is 24.4. The predicted octanol–water partition coefficient (Wildman–Crippen LogP) is 3.33. The molecule has 46 heavy (non-hydrogen) atoms. The molecule has 0 aliphatic carbocycles. The minimum atomic E-state index is -4.72. The van der Waals surface area contributed by atoms with Crippen LogP contribution in [0.15, 0.2) is 49.1 Å². The molecule has 19 heteroatoms. The second-order valence-electron chi connectivity index (χ2n) is 9.68. The zero-order chi connectivity index (χ0) is 33.6. The van der Waals surface area contributed by atoms with Crippen molar-refractivity contribution in [2.75, 3.05) is 31.1 Å². The summed E-state index contributed by atoms with van der Waals surface area (Å²) in [5.74, 6) is -0.343. The van der Waals surface area contributed by atoms with Crippen LogP contribution in [0.25, 0.3) is 11.2 Å². The van der Waals surface area contributed by atoms with E-state index in [1.54, 1.807) is 30.3 Å². The van der Waals surface area contributed by atoms with Gasteiger partial charge in [-0.2, -0.15) is 0 Å². The molecule has 2 aromatic heterocycles. The van der Waals surface area contributed by atoms with Crippen molar-refractivity contribution < 1.29 is 48.1 Å². The third kappa shape index (κ3) is 8.49. The Morgan fingerprint density at radius 3 is 2.59 bits per heavy atom. The number of fused-ring (bicyclic) bond motifs is 1. The highest BCUT2D eigenvalue weighted by atomic mass is 35.5. The summed E-state index contributed by atoms with van der Waals surface area (Å²) in [6.07, 6.45) is -2.49. The molecule has 0 radical (unpaired) electrons. The fourth-order valence-electron chi connectivity index (χ4n) is 4.26. The van der Waals surface area contributed by atoms with Crippen LogP contribution in [0.5, 0.6) is 0 Å². The lowest BCUT2D eigenvalue weighted by Crippen LogP contribution is -2.33. The lowest BCUT2D eigenvalue weighted by molar-refractivity contribution is -0.0504. The molecule has 0 unspecified atom stereocenters. The number of esters is 1. The number of hydrogen-bond acceptors (Lipinski definition) is 13. The van der Waals surface area contributed by atoms with Crippen molar-refractivity contribution in [2.45, 2.75) is 38.4 Å². The fraction of sp³-hybridized carbons (Fsp3) is 0.333. The predicted molar refractivity (Wildman–Crippen MR) is 166 cm³/mol. The van der Waals surface area contributed by atoms with Gasteiger partial charge in [-0.25, -0.2) is 24.3 Å². The molecular formula is C27H31Cl2N6O10P. The summed E-state index contributed by atoms with van der Waals surface area (Å²) in [5.41, 5.74) is 8.62. The minimum Gasteiger partial charge on any atom is -0.435 e. The van der Waals surface area contributed by atoms with Gasteiger partial charge in [-0.05, 0) is 37.6 Å². The Kier molecular flexibility index (Phi) is 11.9. The van der Waals surface area contributed by atoms with Crippen LogP contribution >= 0.6 is 31.0 Å². The molecular weight excluding hydrogens is 670 g/mol. The number of rotatable bonds is 10. The molecule has 3 heterocycles. The summed E-state index contributed by atoms with van der Waals surface area (Å²) >= 11 is 12.5. The molecule has 1 aliphatic rings. The summed E-state index contributed by atoms with van der Waals surface area (Å²) < 4.78 is 31.9. The molecule has 7 N–H and O–H groups in total. The van der Waals surface area contributed by atoms with Gasteiger partial charge in [0.1, 0.15) is 30.2 Å². The number of para-hydroxylation sites is 1. The van der Waals surface area contributed by atoms with Crippen LogP contribution in [-0.4, -0.2) is 83.8 Å². The van der Waals surface area contributed by atoms with E-state index in [2.05, 4.69) is 24.8 Å². The van der Waals surface area contributed by atoms with Crippen LogP contribution in [0.4, 0.5) is 17.2 Å². The van der Waals surface area contributed by atoms with Crippen LogP contribution in [0.1, 0.15) is 29.1 Å². The smallest absolute Gasteiger partial charge is 0.435 e. The highest BCUT2D eigenvalue weighted by molar-refractivity contribution is 7.46. The maximum atomic E-state index is 12.2.